The largest absolute Gasteiger partial charge is 0.373 e. The molecule has 1 unspecified atom stereocenters. The highest BCUT2D eigenvalue weighted by Gasteiger charge is 2.32. The molecule has 2 atom stereocenters. The van der Waals surface area contributed by atoms with Crippen molar-refractivity contribution >= 4 is 38.3 Å². The molecule has 43 heavy (non-hydrogen) atoms. The summed E-state index contributed by atoms with van der Waals surface area (Å²) in [7, 11) is -2.08. The number of rotatable bonds is 14. The Morgan fingerprint density at radius 2 is 1.72 bits per heavy atom. The number of nitrogens with zero attached hydrogens (tertiary/aromatic N) is 1. The molecule has 11 nitrogen and oxygen atoms in total. The molecular weight excluding hydrogens is 589 g/mol. The molecular formula is C30H40N6O5S2. The molecule has 0 aliphatic heterocycles. The van der Waals surface area contributed by atoms with Gasteiger partial charge in [0.25, 0.3) is 0 Å². The van der Waals surface area contributed by atoms with Crippen molar-refractivity contribution in [3.05, 3.63) is 65.4 Å². The third kappa shape index (κ3) is 8.61. The van der Waals surface area contributed by atoms with Crippen LogP contribution < -0.4 is 26.4 Å². The Morgan fingerprint density at radius 1 is 1.07 bits per heavy atom. The highest BCUT2D eigenvalue weighted by atomic mass is 32.2. The van der Waals surface area contributed by atoms with E-state index >= 15 is 0 Å². The van der Waals surface area contributed by atoms with Crippen molar-refractivity contribution in [1.82, 2.24) is 20.3 Å². The second-order valence-electron chi connectivity index (χ2n) is 11.7. The van der Waals surface area contributed by atoms with Gasteiger partial charge in [-0.3, -0.25) is 14.9 Å². The quantitative estimate of drug-likeness (QED) is 0.117. The molecule has 13 heteroatoms. The van der Waals surface area contributed by atoms with E-state index in [0.29, 0.717) is 23.2 Å². The van der Waals surface area contributed by atoms with Crippen LogP contribution in [0.25, 0.3) is 10.4 Å². The Kier molecular flexibility index (Phi) is 10.2. The number of primary amides is 1. The van der Waals surface area contributed by atoms with E-state index in [4.69, 9.17) is 5.73 Å². The van der Waals surface area contributed by atoms with E-state index in [1.54, 1.807) is 7.05 Å². The molecule has 0 radical (unpaired) electrons. The van der Waals surface area contributed by atoms with Gasteiger partial charge in [-0.2, -0.15) is 0 Å². The van der Waals surface area contributed by atoms with Gasteiger partial charge in [0, 0.05) is 25.7 Å². The first kappa shape index (κ1) is 32.6. The first-order chi connectivity index (χ1) is 20.3. The zero-order valence-corrected chi connectivity index (χ0v) is 26.4. The second kappa shape index (κ2) is 13.5. The third-order valence-electron chi connectivity index (χ3n) is 7.25. The normalized spacial score (nSPS) is 15.1. The van der Waals surface area contributed by atoms with Crippen LogP contribution in [0.3, 0.4) is 0 Å². The number of nitrogens with two attached hydrogens (primary N) is 1. The number of aromatic nitrogens is 1. The Labute approximate surface area is 256 Å². The lowest BCUT2D eigenvalue weighted by atomic mass is 9.86. The fraction of sp³-hybridized carbons (Fsp3) is 0.433. The van der Waals surface area contributed by atoms with Gasteiger partial charge < -0.3 is 21.5 Å². The smallest absolute Gasteiger partial charge is 0.248 e. The van der Waals surface area contributed by atoms with Gasteiger partial charge >= 0.3 is 0 Å². The minimum atomic E-state index is -3.85. The fourth-order valence-corrected chi connectivity index (χ4v) is 6.52. The van der Waals surface area contributed by atoms with Crippen LogP contribution >= 0.6 is 11.3 Å². The average molecular weight is 629 g/mol. The number of carbonyl (C=O) groups excluding carboxylic acids is 2. The average Bonchev–Trinajstić information content (AvgIpc) is 3.68. The van der Waals surface area contributed by atoms with Crippen LogP contribution in [0.4, 0.5) is 5.13 Å². The maximum Gasteiger partial charge on any atom is 0.248 e. The molecule has 2 amide bonds. The number of aliphatic hydroxyl groups excluding tert-OH is 1. The summed E-state index contributed by atoms with van der Waals surface area (Å²) in [6.07, 6.45) is 1.37. The molecule has 1 saturated carbocycles. The number of amides is 2. The molecule has 3 aromatic rings. The van der Waals surface area contributed by atoms with E-state index < -0.39 is 28.2 Å². The van der Waals surface area contributed by atoms with Gasteiger partial charge in [0.15, 0.2) is 5.13 Å². The van der Waals surface area contributed by atoms with Gasteiger partial charge in [-0.15, -0.1) is 0 Å². The molecule has 1 heterocycles. The van der Waals surface area contributed by atoms with E-state index in [1.807, 2.05) is 12.1 Å². The lowest BCUT2D eigenvalue weighted by molar-refractivity contribution is -0.124. The topological polar surface area (TPSA) is 176 Å². The van der Waals surface area contributed by atoms with E-state index in [2.05, 4.69) is 58.6 Å². The summed E-state index contributed by atoms with van der Waals surface area (Å²) in [6, 6.07) is 12.8. The minimum Gasteiger partial charge on any atom is -0.373 e. The summed E-state index contributed by atoms with van der Waals surface area (Å²) in [4.78, 5) is 29.8. The summed E-state index contributed by atoms with van der Waals surface area (Å²) in [6.45, 7) is 6.45. The predicted molar refractivity (Wildman–Crippen MR) is 168 cm³/mol. The molecule has 1 aromatic heterocycles. The number of thiazole rings is 1. The maximum absolute atomic E-state index is 13.2. The molecule has 1 fully saturated rings. The lowest BCUT2D eigenvalue weighted by Gasteiger charge is -2.22. The van der Waals surface area contributed by atoms with Crippen molar-refractivity contribution in [1.29, 1.82) is 0 Å². The molecule has 0 spiro atoms. The predicted octanol–water partition coefficient (Wildman–Crippen LogP) is 3.09. The van der Waals surface area contributed by atoms with Crippen LogP contribution in [0.15, 0.2) is 53.4 Å². The van der Waals surface area contributed by atoms with E-state index in [0.717, 1.165) is 23.3 Å². The molecule has 4 rings (SSSR count). The van der Waals surface area contributed by atoms with Crippen LogP contribution in [0.2, 0.25) is 0 Å². The maximum atomic E-state index is 13.2. The summed E-state index contributed by atoms with van der Waals surface area (Å²) in [5.74, 6) is -0.608. The standard InChI is InChI=1S/C30H40N6O5S2/c1-30(2,3)21-11-7-19(8-12-21)25-24(36-29(32-4)42-25)28(39)35-23(17-18-5-6-18)27(38)33-15-16-34-43(40,41)22-13-9-20(10-14-22)26(31)37/h7-14,18,23,28,34-35,39H,5-6,15-17H2,1-4H3,(H2,31,37)(H,32,36)(H,33,38)/t23-,28?/m1/s1. The molecule has 0 bridgehead atoms. The fourth-order valence-electron chi connectivity index (χ4n) is 4.54. The Hall–Kier alpha value is -3.36. The zero-order valence-electron chi connectivity index (χ0n) is 24.8. The summed E-state index contributed by atoms with van der Waals surface area (Å²) < 4.78 is 27.6. The monoisotopic (exact) mass is 628 g/mol. The number of hydrogen-bond donors (Lipinski definition) is 6. The van der Waals surface area contributed by atoms with Crippen molar-refractivity contribution in [2.75, 3.05) is 25.5 Å². The van der Waals surface area contributed by atoms with Crippen LogP contribution in [0.5, 0.6) is 0 Å². The Morgan fingerprint density at radius 3 is 2.28 bits per heavy atom. The van der Waals surface area contributed by atoms with E-state index in [9.17, 15) is 23.1 Å². The van der Waals surface area contributed by atoms with Crippen molar-refractivity contribution in [3.8, 4) is 10.4 Å². The van der Waals surface area contributed by atoms with E-state index in [1.165, 1.54) is 41.2 Å². The van der Waals surface area contributed by atoms with Crippen LogP contribution in [0, 0.1) is 5.92 Å². The molecule has 232 valence electrons. The van der Waals surface area contributed by atoms with E-state index in [-0.39, 0.29) is 34.9 Å². The summed E-state index contributed by atoms with van der Waals surface area (Å²) >= 11 is 1.42. The first-order valence-corrected chi connectivity index (χ1v) is 16.5. The lowest BCUT2D eigenvalue weighted by Crippen LogP contribution is -2.47. The van der Waals surface area contributed by atoms with Crippen molar-refractivity contribution in [2.24, 2.45) is 11.7 Å². The number of nitrogens with one attached hydrogen (secondary N) is 4. The number of carbonyl (C=O) groups is 2. The third-order valence-corrected chi connectivity index (χ3v) is 9.86. The Balaban J connectivity index is 1.40. The number of aliphatic hydroxyl groups is 1. The molecule has 2 aromatic carbocycles. The van der Waals surface area contributed by atoms with Gasteiger partial charge in [-0.25, -0.2) is 18.1 Å². The second-order valence-corrected chi connectivity index (χ2v) is 14.5. The van der Waals surface area contributed by atoms with Gasteiger partial charge in [0.1, 0.15) is 11.9 Å². The zero-order chi connectivity index (χ0) is 31.4. The molecule has 1 aliphatic rings. The van der Waals surface area contributed by atoms with Crippen molar-refractivity contribution in [3.63, 3.8) is 0 Å². The molecule has 7 N–H and O–H groups in total. The Bertz CT molecular complexity index is 1530. The van der Waals surface area contributed by atoms with Gasteiger partial charge in [-0.1, -0.05) is 69.2 Å². The van der Waals surface area contributed by atoms with Gasteiger partial charge in [0.05, 0.1) is 15.8 Å². The van der Waals surface area contributed by atoms with Crippen LogP contribution in [-0.2, 0) is 20.2 Å². The SMILES string of the molecule is CNc1nc(C(O)N[C@H](CC2CC2)C(=O)NCCNS(=O)(=O)c2ccc(C(N)=O)cc2)c(-c2ccc(C(C)(C)C)cc2)s1. The van der Waals surface area contributed by atoms with Crippen LogP contribution in [-0.4, -0.2) is 56.5 Å². The highest BCUT2D eigenvalue weighted by molar-refractivity contribution is 7.89. The number of anilines is 1. The van der Waals surface area contributed by atoms with Crippen molar-refractivity contribution < 1.29 is 23.1 Å². The number of benzene rings is 2. The van der Waals surface area contributed by atoms with Gasteiger partial charge in [-0.05, 0) is 53.1 Å². The molecule has 0 saturated heterocycles. The summed E-state index contributed by atoms with van der Waals surface area (Å²) in [5, 5.41) is 20.8. The highest BCUT2D eigenvalue weighted by Crippen LogP contribution is 2.38. The van der Waals surface area contributed by atoms with Crippen molar-refractivity contribution in [2.45, 2.75) is 62.6 Å². The first-order valence-electron chi connectivity index (χ1n) is 14.2. The molecule has 1 aliphatic carbocycles. The minimum absolute atomic E-state index is 0.00704. The van der Waals surface area contributed by atoms with Crippen LogP contribution in [0.1, 0.15) is 67.9 Å². The number of hydrogen-bond acceptors (Lipinski definition) is 9. The summed E-state index contributed by atoms with van der Waals surface area (Å²) in [5.41, 5.74) is 7.96. The van der Waals surface area contributed by atoms with Gasteiger partial charge in [0.2, 0.25) is 21.8 Å². The number of sulfonamides is 1.